The monoisotopic (exact) mass is 412 g/mol. The van der Waals surface area contributed by atoms with Gasteiger partial charge >= 0.3 is 0 Å². The fourth-order valence-corrected chi connectivity index (χ4v) is 3.38. The predicted octanol–water partition coefficient (Wildman–Crippen LogP) is 4.13. The molecule has 30 heavy (non-hydrogen) atoms. The van der Waals surface area contributed by atoms with E-state index >= 15 is 0 Å². The minimum absolute atomic E-state index is 0.0578. The van der Waals surface area contributed by atoms with Gasteiger partial charge in [0.15, 0.2) is 11.6 Å². The molecule has 0 fully saturated rings. The quantitative estimate of drug-likeness (QED) is 0.662. The summed E-state index contributed by atoms with van der Waals surface area (Å²) in [5, 5.41) is 1.37. The summed E-state index contributed by atoms with van der Waals surface area (Å²) in [5.74, 6) is -2.97. The molecule has 0 bridgehead atoms. The third-order valence-corrected chi connectivity index (χ3v) is 5.16. The molecule has 0 saturated carbocycles. The van der Waals surface area contributed by atoms with Crippen molar-refractivity contribution in [2.24, 2.45) is 5.73 Å². The number of fused-ring (bicyclic) bond motifs is 1. The van der Waals surface area contributed by atoms with Gasteiger partial charge in [-0.1, -0.05) is 24.3 Å². The Balaban J connectivity index is 2.02. The first-order chi connectivity index (χ1) is 14.2. The lowest BCUT2D eigenvalue weighted by molar-refractivity contribution is -0.118. The van der Waals surface area contributed by atoms with E-state index in [2.05, 4.69) is 0 Å². The minimum Gasteiger partial charge on any atom is -0.494 e. The molecule has 0 aliphatic heterocycles. The zero-order chi connectivity index (χ0) is 22.0. The Morgan fingerprint density at radius 1 is 1.07 bits per heavy atom. The zero-order valence-electron chi connectivity index (χ0n) is 16.9. The van der Waals surface area contributed by atoms with Crippen LogP contribution >= 0.6 is 0 Å². The van der Waals surface area contributed by atoms with Crippen molar-refractivity contribution in [1.82, 2.24) is 4.90 Å². The second-order valence-corrected chi connectivity index (χ2v) is 7.12. The van der Waals surface area contributed by atoms with E-state index in [1.54, 1.807) is 50.4 Å². The summed E-state index contributed by atoms with van der Waals surface area (Å²) < 4.78 is 33.6. The molecule has 0 saturated heterocycles. The highest BCUT2D eigenvalue weighted by Crippen LogP contribution is 2.34. The van der Waals surface area contributed by atoms with Crippen LogP contribution in [0.5, 0.6) is 5.75 Å². The molecule has 1 unspecified atom stereocenters. The van der Waals surface area contributed by atoms with Gasteiger partial charge < -0.3 is 15.4 Å². The highest BCUT2D eigenvalue weighted by molar-refractivity contribution is 6.03. The maximum Gasteiger partial charge on any atom is 0.253 e. The smallest absolute Gasteiger partial charge is 0.253 e. The number of rotatable bonds is 6. The second-order valence-electron chi connectivity index (χ2n) is 7.12. The van der Waals surface area contributed by atoms with Crippen LogP contribution in [-0.2, 0) is 4.79 Å². The number of halogens is 2. The standard InChI is InChI=1S/C23H22F2N2O3/c1-13(11-20(26)28)27(2)23(29)15-7-8-16-14(12-15)5-4-6-17(16)18-9-10-19(30-3)22(25)21(18)24/h4-10,12-13H,11H2,1-3H3,(H2,26,28). The van der Waals surface area contributed by atoms with Gasteiger partial charge in [0.25, 0.3) is 5.91 Å². The molecule has 1 atom stereocenters. The molecule has 0 heterocycles. The number of nitrogens with zero attached hydrogens (tertiary/aromatic N) is 1. The van der Waals surface area contributed by atoms with Crippen LogP contribution in [0.15, 0.2) is 48.5 Å². The first kappa shape index (κ1) is 21.2. The predicted molar refractivity (Wildman–Crippen MR) is 111 cm³/mol. The summed E-state index contributed by atoms with van der Waals surface area (Å²) in [7, 11) is 2.88. The Morgan fingerprint density at radius 3 is 2.47 bits per heavy atom. The van der Waals surface area contributed by atoms with Crippen LogP contribution in [0, 0.1) is 11.6 Å². The molecule has 0 spiro atoms. The number of benzene rings is 3. The van der Waals surface area contributed by atoms with Crippen molar-refractivity contribution in [3.05, 3.63) is 65.7 Å². The van der Waals surface area contributed by atoms with E-state index in [9.17, 15) is 18.4 Å². The van der Waals surface area contributed by atoms with Crippen LogP contribution < -0.4 is 10.5 Å². The third-order valence-electron chi connectivity index (χ3n) is 5.16. The maximum atomic E-state index is 14.6. The Labute approximate surface area is 173 Å². The Hall–Kier alpha value is -3.48. The zero-order valence-corrected chi connectivity index (χ0v) is 16.9. The largest absolute Gasteiger partial charge is 0.494 e. The third kappa shape index (κ3) is 3.96. The molecule has 5 nitrogen and oxygen atoms in total. The van der Waals surface area contributed by atoms with Crippen molar-refractivity contribution >= 4 is 22.6 Å². The molecule has 3 rings (SSSR count). The van der Waals surface area contributed by atoms with Gasteiger partial charge in [-0.15, -0.1) is 0 Å². The molecule has 156 valence electrons. The van der Waals surface area contributed by atoms with E-state index in [1.165, 1.54) is 24.1 Å². The van der Waals surface area contributed by atoms with Crippen LogP contribution in [0.25, 0.3) is 21.9 Å². The molecule has 2 amide bonds. The Morgan fingerprint density at radius 2 is 1.80 bits per heavy atom. The van der Waals surface area contributed by atoms with E-state index in [4.69, 9.17) is 10.5 Å². The molecule has 0 aliphatic rings. The number of amides is 2. The summed E-state index contributed by atoms with van der Waals surface area (Å²) in [6.45, 7) is 1.74. The minimum atomic E-state index is -1.05. The number of hydrogen-bond acceptors (Lipinski definition) is 3. The summed E-state index contributed by atoms with van der Waals surface area (Å²) in [5.41, 5.74) is 6.23. The number of methoxy groups -OCH3 is 1. The summed E-state index contributed by atoms with van der Waals surface area (Å²) in [4.78, 5) is 25.4. The average Bonchev–Trinajstić information content (AvgIpc) is 2.73. The number of ether oxygens (including phenoxy) is 1. The lowest BCUT2D eigenvalue weighted by Crippen LogP contribution is -2.37. The van der Waals surface area contributed by atoms with Gasteiger partial charge in [-0.2, -0.15) is 4.39 Å². The van der Waals surface area contributed by atoms with E-state index in [0.717, 1.165) is 0 Å². The van der Waals surface area contributed by atoms with Gasteiger partial charge in [0.2, 0.25) is 11.7 Å². The average molecular weight is 412 g/mol. The van der Waals surface area contributed by atoms with Crippen molar-refractivity contribution in [2.45, 2.75) is 19.4 Å². The molecule has 7 heteroatoms. The fraction of sp³-hybridized carbons (Fsp3) is 0.217. The molecular weight excluding hydrogens is 390 g/mol. The van der Waals surface area contributed by atoms with Crippen molar-refractivity contribution in [2.75, 3.05) is 14.2 Å². The summed E-state index contributed by atoms with van der Waals surface area (Å²) in [6, 6.07) is 12.7. The molecular formula is C23H22F2N2O3. The molecule has 0 radical (unpaired) electrons. The number of carbonyl (C=O) groups is 2. The van der Waals surface area contributed by atoms with Gasteiger partial charge in [-0.05, 0) is 47.5 Å². The van der Waals surface area contributed by atoms with Crippen molar-refractivity contribution in [3.63, 3.8) is 0 Å². The first-order valence-electron chi connectivity index (χ1n) is 9.35. The van der Waals surface area contributed by atoms with Crippen molar-refractivity contribution < 1.29 is 23.1 Å². The van der Waals surface area contributed by atoms with Crippen LogP contribution in [0.4, 0.5) is 8.78 Å². The number of primary amides is 1. The molecule has 0 aromatic heterocycles. The normalized spacial score (nSPS) is 11.9. The lowest BCUT2D eigenvalue weighted by Gasteiger charge is -2.24. The summed E-state index contributed by atoms with van der Waals surface area (Å²) >= 11 is 0. The fourth-order valence-electron chi connectivity index (χ4n) is 3.38. The van der Waals surface area contributed by atoms with Gasteiger partial charge in [0.05, 0.1) is 7.11 Å². The van der Waals surface area contributed by atoms with E-state index in [1.807, 2.05) is 0 Å². The van der Waals surface area contributed by atoms with Crippen LogP contribution in [0.1, 0.15) is 23.7 Å². The van der Waals surface area contributed by atoms with Gasteiger partial charge in [-0.25, -0.2) is 4.39 Å². The number of hydrogen-bond donors (Lipinski definition) is 1. The van der Waals surface area contributed by atoms with Crippen molar-refractivity contribution in [1.29, 1.82) is 0 Å². The maximum absolute atomic E-state index is 14.6. The molecule has 2 N–H and O–H groups in total. The molecule has 0 aliphatic carbocycles. The van der Waals surface area contributed by atoms with E-state index in [0.29, 0.717) is 21.9 Å². The van der Waals surface area contributed by atoms with Crippen LogP contribution in [0.2, 0.25) is 0 Å². The number of carbonyl (C=O) groups excluding carboxylic acids is 2. The Bertz CT molecular complexity index is 1130. The van der Waals surface area contributed by atoms with Crippen LogP contribution in [-0.4, -0.2) is 36.9 Å². The van der Waals surface area contributed by atoms with E-state index in [-0.39, 0.29) is 29.7 Å². The van der Waals surface area contributed by atoms with Gasteiger partial charge in [0, 0.05) is 30.6 Å². The van der Waals surface area contributed by atoms with Gasteiger partial charge in [0.1, 0.15) is 0 Å². The Kier molecular flexibility index (Phi) is 6.01. The van der Waals surface area contributed by atoms with Gasteiger partial charge in [-0.3, -0.25) is 9.59 Å². The number of nitrogens with two attached hydrogens (primary N) is 1. The lowest BCUT2D eigenvalue weighted by atomic mass is 9.96. The highest BCUT2D eigenvalue weighted by Gasteiger charge is 2.20. The summed E-state index contributed by atoms with van der Waals surface area (Å²) in [6.07, 6.45) is 0.0578. The first-order valence-corrected chi connectivity index (χ1v) is 9.35. The van der Waals surface area contributed by atoms with Crippen LogP contribution in [0.3, 0.4) is 0 Å². The van der Waals surface area contributed by atoms with Crippen molar-refractivity contribution in [3.8, 4) is 16.9 Å². The molecule has 3 aromatic rings. The molecule has 3 aromatic carbocycles. The SMILES string of the molecule is COc1ccc(-c2cccc3cc(C(=O)N(C)C(C)CC(N)=O)ccc23)c(F)c1F. The van der Waals surface area contributed by atoms with E-state index < -0.39 is 17.5 Å². The second kappa shape index (κ2) is 8.49. The topological polar surface area (TPSA) is 72.6 Å². The highest BCUT2D eigenvalue weighted by atomic mass is 19.2.